The number of carbonyl (C=O) groups excluding carboxylic acids is 1. The number of nitrogens with one attached hydrogen (secondary N) is 1. The van der Waals surface area contributed by atoms with Crippen LogP contribution in [-0.4, -0.2) is 57.4 Å². The summed E-state index contributed by atoms with van der Waals surface area (Å²) >= 11 is 0. The molecule has 0 unspecified atom stereocenters. The van der Waals surface area contributed by atoms with Gasteiger partial charge in [0.25, 0.3) is 11.5 Å². The summed E-state index contributed by atoms with van der Waals surface area (Å²) in [5.74, 6) is -0.266. The number of pyridine rings is 1. The number of fused-ring (bicyclic) bond motifs is 1. The van der Waals surface area contributed by atoms with Gasteiger partial charge < -0.3 is 9.80 Å². The molecule has 2 aromatic heterocycles. The van der Waals surface area contributed by atoms with E-state index in [0.29, 0.717) is 38.2 Å². The first-order valence-corrected chi connectivity index (χ1v) is 10.4. The maximum atomic E-state index is 13.4. The highest BCUT2D eigenvalue weighted by Crippen LogP contribution is 2.14. The Labute approximate surface area is 185 Å². The number of nitrogens with zero attached hydrogens (tertiary/aromatic N) is 5. The van der Waals surface area contributed by atoms with E-state index in [0.717, 1.165) is 5.56 Å². The minimum Gasteiger partial charge on any atom is -0.333 e. The summed E-state index contributed by atoms with van der Waals surface area (Å²) in [7, 11) is 3.85. The summed E-state index contributed by atoms with van der Waals surface area (Å²) < 4.78 is 1.41. The summed E-state index contributed by atoms with van der Waals surface area (Å²) in [4.78, 5) is 48.2. The Balaban J connectivity index is 1.97. The Hall–Kier alpha value is -3.77. The molecule has 32 heavy (non-hydrogen) atoms. The maximum Gasteiger partial charge on any atom is 0.329 e. The van der Waals surface area contributed by atoms with Crippen LogP contribution >= 0.6 is 0 Å². The fourth-order valence-electron chi connectivity index (χ4n) is 3.38. The van der Waals surface area contributed by atoms with Gasteiger partial charge in [0.1, 0.15) is 5.65 Å². The third-order valence-electron chi connectivity index (χ3n) is 5.09. The standard InChI is InChI=1S/C23H26N6O3/c1-4-9-29-20-19(21(30)26-23(29)32)12-18(14-25-20)22(31)28(11-10-27(2)3)15-17-7-5-16(13-24)6-8-17/h5-8,12,14H,4,9-11,15H2,1-3H3,(H,26,30,32). The Kier molecular flexibility index (Phi) is 7.18. The van der Waals surface area contributed by atoms with Crippen molar-refractivity contribution in [3.05, 3.63) is 74.1 Å². The van der Waals surface area contributed by atoms with Crippen LogP contribution in [0.1, 0.15) is 34.8 Å². The topological polar surface area (TPSA) is 115 Å². The van der Waals surface area contributed by atoms with Crippen LogP contribution in [0.25, 0.3) is 11.0 Å². The van der Waals surface area contributed by atoms with Gasteiger partial charge in [-0.3, -0.25) is 19.1 Å². The average molecular weight is 435 g/mol. The van der Waals surface area contributed by atoms with Gasteiger partial charge in [-0.1, -0.05) is 19.1 Å². The van der Waals surface area contributed by atoms with Crippen LogP contribution < -0.4 is 11.2 Å². The fraction of sp³-hybridized carbons (Fsp3) is 0.348. The van der Waals surface area contributed by atoms with Crippen LogP contribution in [0.2, 0.25) is 0 Å². The first kappa shape index (κ1) is 22.9. The van der Waals surface area contributed by atoms with Crippen molar-refractivity contribution < 1.29 is 4.79 Å². The van der Waals surface area contributed by atoms with Crippen LogP contribution in [0.5, 0.6) is 0 Å². The molecule has 0 fully saturated rings. The predicted octanol–water partition coefficient (Wildman–Crippen LogP) is 1.57. The Morgan fingerprint density at radius 2 is 1.91 bits per heavy atom. The number of carbonyl (C=O) groups is 1. The van der Waals surface area contributed by atoms with Gasteiger partial charge >= 0.3 is 5.69 Å². The molecule has 0 saturated carbocycles. The zero-order chi connectivity index (χ0) is 23.3. The summed E-state index contributed by atoms with van der Waals surface area (Å²) in [5, 5.41) is 9.20. The van der Waals surface area contributed by atoms with Crippen LogP contribution in [0, 0.1) is 11.3 Å². The Morgan fingerprint density at radius 1 is 1.19 bits per heavy atom. The molecule has 0 atom stereocenters. The van der Waals surface area contributed by atoms with Crippen molar-refractivity contribution in [2.24, 2.45) is 0 Å². The lowest BCUT2D eigenvalue weighted by Gasteiger charge is -2.25. The molecule has 1 amide bonds. The number of aromatic nitrogens is 3. The predicted molar refractivity (Wildman–Crippen MR) is 121 cm³/mol. The second kappa shape index (κ2) is 10.0. The number of aryl methyl sites for hydroxylation is 1. The van der Waals surface area contributed by atoms with E-state index in [9.17, 15) is 14.4 Å². The van der Waals surface area contributed by atoms with E-state index in [1.807, 2.05) is 38.1 Å². The highest BCUT2D eigenvalue weighted by Gasteiger charge is 2.19. The zero-order valence-electron chi connectivity index (χ0n) is 18.5. The van der Waals surface area contributed by atoms with Gasteiger partial charge in [0.15, 0.2) is 0 Å². The van der Waals surface area contributed by atoms with E-state index in [1.54, 1.807) is 17.0 Å². The minimum absolute atomic E-state index is 0.204. The van der Waals surface area contributed by atoms with E-state index < -0.39 is 11.2 Å². The second-order valence-electron chi connectivity index (χ2n) is 7.84. The van der Waals surface area contributed by atoms with Crippen molar-refractivity contribution in [3.8, 4) is 6.07 Å². The maximum absolute atomic E-state index is 13.4. The molecule has 166 valence electrons. The highest BCUT2D eigenvalue weighted by molar-refractivity contribution is 5.96. The highest BCUT2D eigenvalue weighted by atomic mass is 16.2. The summed E-state index contributed by atoms with van der Waals surface area (Å²) in [6, 6.07) is 10.7. The summed E-state index contributed by atoms with van der Waals surface area (Å²) in [6.45, 7) is 3.81. The van der Waals surface area contributed by atoms with Gasteiger partial charge in [0.2, 0.25) is 0 Å². The molecule has 3 rings (SSSR count). The molecule has 9 nitrogen and oxygen atoms in total. The van der Waals surface area contributed by atoms with Crippen molar-refractivity contribution in [2.45, 2.75) is 26.4 Å². The largest absolute Gasteiger partial charge is 0.333 e. The zero-order valence-corrected chi connectivity index (χ0v) is 18.5. The van der Waals surface area contributed by atoms with E-state index >= 15 is 0 Å². The van der Waals surface area contributed by atoms with Crippen molar-refractivity contribution in [2.75, 3.05) is 27.2 Å². The first-order chi connectivity index (χ1) is 15.3. The molecule has 1 aromatic carbocycles. The van der Waals surface area contributed by atoms with Crippen molar-refractivity contribution in [3.63, 3.8) is 0 Å². The van der Waals surface area contributed by atoms with E-state index in [2.05, 4.69) is 16.0 Å². The normalized spacial score (nSPS) is 11.0. The third-order valence-corrected chi connectivity index (χ3v) is 5.09. The lowest BCUT2D eigenvalue weighted by atomic mass is 10.1. The number of rotatable bonds is 8. The van der Waals surface area contributed by atoms with E-state index in [4.69, 9.17) is 5.26 Å². The van der Waals surface area contributed by atoms with E-state index in [1.165, 1.54) is 16.8 Å². The molecule has 9 heteroatoms. The Bertz CT molecular complexity index is 1270. The monoisotopic (exact) mass is 434 g/mol. The molecular weight excluding hydrogens is 408 g/mol. The molecule has 2 heterocycles. The van der Waals surface area contributed by atoms with Crippen LogP contribution in [0.15, 0.2) is 46.1 Å². The summed E-state index contributed by atoms with van der Waals surface area (Å²) in [6.07, 6.45) is 2.11. The van der Waals surface area contributed by atoms with Crippen molar-refractivity contribution >= 4 is 16.9 Å². The smallest absolute Gasteiger partial charge is 0.329 e. The lowest BCUT2D eigenvalue weighted by Crippen LogP contribution is -2.36. The van der Waals surface area contributed by atoms with Gasteiger partial charge in [0, 0.05) is 32.4 Å². The number of likely N-dealkylation sites (N-methyl/N-ethyl adjacent to an activating group) is 1. The number of nitriles is 1. The third kappa shape index (κ3) is 5.10. The van der Waals surface area contributed by atoms with Crippen LogP contribution in [0.4, 0.5) is 0 Å². The molecule has 0 spiro atoms. The number of amides is 1. The summed E-state index contributed by atoms with van der Waals surface area (Å²) in [5.41, 5.74) is 0.910. The van der Waals surface area contributed by atoms with Crippen molar-refractivity contribution in [1.29, 1.82) is 5.26 Å². The van der Waals surface area contributed by atoms with Gasteiger partial charge in [-0.15, -0.1) is 0 Å². The molecule has 0 aliphatic heterocycles. The van der Waals surface area contributed by atoms with E-state index in [-0.39, 0.29) is 22.5 Å². The molecule has 0 saturated heterocycles. The average Bonchev–Trinajstić information content (AvgIpc) is 2.79. The molecule has 0 aliphatic rings. The lowest BCUT2D eigenvalue weighted by molar-refractivity contribution is 0.0731. The molecule has 3 aromatic rings. The number of aromatic amines is 1. The minimum atomic E-state index is -0.563. The van der Waals surface area contributed by atoms with Crippen molar-refractivity contribution in [1.82, 2.24) is 24.3 Å². The molecule has 1 N–H and O–H groups in total. The molecule has 0 bridgehead atoms. The number of hydrogen-bond acceptors (Lipinski definition) is 6. The quantitative estimate of drug-likeness (QED) is 0.575. The number of hydrogen-bond donors (Lipinski definition) is 1. The molecular formula is C23H26N6O3. The molecule has 0 radical (unpaired) electrons. The fourth-order valence-corrected chi connectivity index (χ4v) is 3.38. The van der Waals surface area contributed by atoms with Gasteiger partial charge in [0.05, 0.1) is 22.6 Å². The van der Waals surface area contributed by atoms with Gasteiger partial charge in [-0.25, -0.2) is 9.78 Å². The molecule has 0 aliphatic carbocycles. The van der Waals surface area contributed by atoms with Gasteiger partial charge in [-0.2, -0.15) is 5.26 Å². The number of H-pyrrole nitrogens is 1. The van der Waals surface area contributed by atoms with Gasteiger partial charge in [-0.05, 0) is 44.3 Å². The second-order valence-corrected chi connectivity index (χ2v) is 7.84. The van der Waals surface area contributed by atoms with Crippen LogP contribution in [0.3, 0.4) is 0 Å². The first-order valence-electron chi connectivity index (χ1n) is 10.4. The Morgan fingerprint density at radius 3 is 2.53 bits per heavy atom. The van der Waals surface area contributed by atoms with Crippen LogP contribution in [-0.2, 0) is 13.1 Å². The number of benzene rings is 1. The SMILES string of the molecule is CCCn1c(=O)[nH]c(=O)c2cc(C(=O)N(CCN(C)C)Cc3ccc(C#N)cc3)cnc21.